The average molecular weight is 423 g/mol. The second-order valence-electron chi connectivity index (χ2n) is 5.13. The van der Waals surface area contributed by atoms with Crippen LogP contribution in [-0.2, 0) is 23.1 Å². The van der Waals surface area contributed by atoms with Crippen molar-refractivity contribution in [3.8, 4) is 5.75 Å². The Morgan fingerprint density at radius 2 is 1.61 bits per heavy atom. The number of hydrogen-bond acceptors (Lipinski definition) is 9. The highest BCUT2D eigenvalue weighted by Crippen LogP contribution is 2.48. The molecule has 0 bridgehead atoms. The second kappa shape index (κ2) is 16.4. The molecule has 0 aliphatic carbocycles. The van der Waals surface area contributed by atoms with Crippen molar-refractivity contribution in [2.45, 2.75) is 26.7 Å². The van der Waals surface area contributed by atoms with E-state index in [0.29, 0.717) is 26.2 Å². The molecule has 162 valence electrons. The molecule has 0 aromatic heterocycles. The molecule has 0 saturated carbocycles. The van der Waals surface area contributed by atoms with E-state index in [-0.39, 0.29) is 24.7 Å². The first kappa shape index (κ1) is 26.4. The Kier molecular flexibility index (Phi) is 15.5. The largest absolute Gasteiger partial charge is 0.529 e. The van der Waals surface area contributed by atoms with E-state index in [9.17, 15) is 14.7 Å². The van der Waals surface area contributed by atoms with Crippen LogP contribution in [0.3, 0.4) is 0 Å². The predicted octanol–water partition coefficient (Wildman–Crippen LogP) is 3.58. The Bertz CT molecular complexity index is 564. The Balaban J connectivity index is 0.000000887. The van der Waals surface area contributed by atoms with Crippen molar-refractivity contribution in [2.75, 3.05) is 46.8 Å². The number of rotatable bonds is 14. The van der Waals surface area contributed by atoms with Crippen LogP contribution in [0.15, 0.2) is 24.3 Å². The number of hydrogen-bond donors (Lipinski definition) is 1. The van der Waals surface area contributed by atoms with Gasteiger partial charge in [0.05, 0.1) is 11.5 Å². The zero-order valence-electron chi connectivity index (χ0n) is 16.6. The number of ether oxygens (including phenoxy) is 2. The number of aliphatic hydroxyl groups is 1. The van der Waals surface area contributed by atoms with E-state index < -0.39 is 12.7 Å². The minimum absolute atomic E-state index is 0.0905. The van der Waals surface area contributed by atoms with Crippen LogP contribution in [0.25, 0.3) is 0 Å². The first-order chi connectivity index (χ1) is 13.4. The van der Waals surface area contributed by atoms with Gasteiger partial charge in [0, 0.05) is 52.3 Å². The lowest BCUT2D eigenvalue weighted by atomic mass is 10.3. The summed E-state index contributed by atoms with van der Waals surface area (Å²) in [6.07, 6.45) is 1.30. The second-order valence-corrected chi connectivity index (χ2v) is 6.83. The third-order valence-corrected chi connectivity index (χ3v) is 4.41. The Morgan fingerprint density at radius 3 is 2.07 bits per heavy atom. The van der Waals surface area contributed by atoms with Crippen LogP contribution in [-0.4, -0.2) is 56.8 Å². The molecule has 0 radical (unpaired) electrons. The number of phosphoric acid groups is 1. The first-order valence-corrected chi connectivity index (χ1v) is 10.4. The third kappa shape index (κ3) is 12.8. The van der Waals surface area contributed by atoms with Gasteiger partial charge in [0.1, 0.15) is 5.75 Å². The van der Waals surface area contributed by atoms with E-state index in [2.05, 4.69) is 0 Å². The van der Waals surface area contributed by atoms with E-state index in [1.165, 1.54) is 31.4 Å². The van der Waals surface area contributed by atoms with E-state index in [4.69, 9.17) is 28.2 Å². The fourth-order valence-corrected chi connectivity index (χ4v) is 2.63. The summed E-state index contributed by atoms with van der Waals surface area (Å²) in [6, 6.07) is 5.13. The fraction of sp³-hybridized carbons (Fsp3) is 0.647. The zero-order valence-corrected chi connectivity index (χ0v) is 17.5. The lowest BCUT2D eigenvalue weighted by Gasteiger charge is -2.16. The summed E-state index contributed by atoms with van der Waals surface area (Å²) in [6.45, 7) is 6.72. The maximum absolute atomic E-state index is 12.2. The van der Waals surface area contributed by atoms with Crippen molar-refractivity contribution >= 4 is 13.5 Å². The van der Waals surface area contributed by atoms with Crippen LogP contribution in [0.5, 0.6) is 5.75 Å². The van der Waals surface area contributed by atoms with E-state index >= 15 is 0 Å². The van der Waals surface area contributed by atoms with Crippen LogP contribution in [0.2, 0.25) is 0 Å². The first-order valence-electron chi connectivity index (χ1n) is 8.93. The van der Waals surface area contributed by atoms with Crippen LogP contribution in [0.1, 0.15) is 26.7 Å². The number of nitro benzene ring substituents is 1. The molecule has 10 nitrogen and oxygen atoms in total. The van der Waals surface area contributed by atoms with Gasteiger partial charge in [-0.15, -0.1) is 0 Å². The number of nitrogens with zero attached hydrogens (tertiary/aromatic N) is 1. The SMILES string of the molecule is CCOCCCO.CCOCCCOP(=O)(OC)Oc1ccc([N+](=O)[O-])cc1. The summed E-state index contributed by atoms with van der Waals surface area (Å²) in [4.78, 5) is 9.99. The molecule has 1 aromatic rings. The molecule has 11 heteroatoms. The van der Waals surface area contributed by atoms with Crippen LogP contribution in [0.4, 0.5) is 5.69 Å². The lowest BCUT2D eigenvalue weighted by molar-refractivity contribution is -0.384. The topological polar surface area (TPSA) is 127 Å². The van der Waals surface area contributed by atoms with Gasteiger partial charge in [-0.3, -0.25) is 19.2 Å². The molecule has 0 heterocycles. The highest BCUT2D eigenvalue weighted by Gasteiger charge is 2.26. The molecule has 0 aliphatic rings. The van der Waals surface area contributed by atoms with Crippen molar-refractivity contribution in [1.82, 2.24) is 0 Å². The lowest BCUT2D eigenvalue weighted by Crippen LogP contribution is -2.04. The number of non-ortho nitro benzene ring substituents is 1. The van der Waals surface area contributed by atoms with Crippen LogP contribution < -0.4 is 4.52 Å². The fourth-order valence-electron chi connectivity index (χ4n) is 1.67. The monoisotopic (exact) mass is 423 g/mol. The Hall–Kier alpha value is -1.55. The van der Waals surface area contributed by atoms with Gasteiger partial charge in [0.15, 0.2) is 0 Å². The van der Waals surface area contributed by atoms with Crippen LogP contribution in [0, 0.1) is 10.1 Å². The van der Waals surface area contributed by atoms with Gasteiger partial charge in [-0.2, -0.15) is 0 Å². The molecule has 1 unspecified atom stereocenters. The summed E-state index contributed by atoms with van der Waals surface area (Å²) >= 11 is 0. The molecular weight excluding hydrogens is 393 g/mol. The number of aliphatic hydroxyl groups excluding tert-OH is 1. The molecule has 1 atom stereocenters. The molecule has 1 aromatic carbocycles. The Labute approximate surface area is 165 Å². The molecule has 0 amide bonds. The van der Waals surface area contributed by atoms with Gasteiger partial charge in [-0.25, -0.2) is 4.57 Å². The molecule has 0 saturated heterocycles. The molecular formula is C17H30NO9P. The smallest absolute Gasteiger partial charge is 0.404 e. The summed E-state index contributed by atoms with van der Waals surface area (Å²) in [7, 11) is -2.53. The predicted molar refractivity (Wildman–Crippen MR) is 104 cm³/mol. The molecule has 28 heavy (non-hydrogen) atoms. The molecule has 1 N–H and O–H groups in total. The minimum atomic E-state index is -3.74. The van der Waals surface area contributed by atoms with Crippen molar-refractivity contribution < 1.29 is 37.6 Å². The van der Waals surface area contributed by atoms with Gasteiger partial charge < -0.3 is 19.1 Å². The summed E-state index contributed by atoms with van der Waals surface area (Å²) in [5.41, 5.74) is -0.0905. The van der Waals surface area contributed by atoms with Crippen molar-refractivity contribution in [2.24, 2.45) is 0 Å². The van der Waals surface area contributed by atoms with E-state index in [1.807, 2.05) is 13.8 Å². The minimum Gasteiger partial charge on any atom is -0.404 e. The third-order valence-electron chi connectivity index (χ3n) is 3.03. The number of phosphoric ester groups is 1. The maximum atomic E-state index is 12.2. The molecule has 0 aliphatic heterocycles. The molecule has 1 rings (SSSR count). The number of nitro groups is 1. The van der Waals surface area contributed by atoms with Gasteiger partial charge in [-0.1, -0.05) is 0 Å². The maximum Gasteiger partial charge on any atom is 0.529 e. The summed E-state index contributed by atoms with van der Waals surface area (Å²) in [5, 5.41) is 18.7. The van der Waals surface area contributed by atoms with Crippen molar-refractivity contribution in [3.63, 3.8) is 0 Å². The normalized spacial score (nSPS) is 12.6. The van der Waals surface area contributed by atoms with Crippen molar-refractivity contribution in [1.29, 1.82) is 0 Å². The Morgan fingerprint density at radius 1 is 1.04 bits per heavy atom. The highest BCUT2D eigenvalue weighted by molar-refractivity contribution is 7.48. The quantitative estimate of drug-likeness (QED) is 0.207. The standard InChI is InChI=1S/C12H18NO7P.C5H12O2/c1-3-18-9-4-10-19-21(16,17-2)20-12-7-5-11(6-8-12)13(14)15;1-2-7-5-3-4-6/h5-8H,3-4,9-10H2,1-2H3;6H,2-5H2,1H3. The molecule has 0 spiro atoms. The van der Waals surface area contributed by atoms with Gasteiger partial charge in [0.2, 0.25) is 0 Å². The van der Waals surface area contributed by atoms with E-state index in [0.717, 1.165) is 13.0 Å². The van der Waals surface area contributed by atoms with Crippen LogP contribution >= 0.6 is 7.82 Å². The van der Waals surface area contributed by atoms with E-state index in [1.54, 1.807) is 0 Å². The van der Waals surface area contributed by atoms with Gasteiger partial charge in [0.25, 0.3) is 5.69 Å². The summed E-state index contributed by atoms with van der Waals surface area (Å²) < 4.78 is 37.2. The van der Waals surface area contributed by atoms with Gasteiger partial charge >= 0.3 is 7.82 Å². The highest BCUT2D eigenvalue weighted by atomic mass is 31.2. The number of benzene rings is 1. The van der Waals surface area contributed by atoms with Crippen molar-refractivity contribution in [3.05, 3.63) is 34.4 Å². The molecule has 0 fully saturated rings. The average Bonchev–Trinajstić information content (AvgIpc) is 2.69. The summed E-state index contributed by atoms with van der Waals surface area (Å²) in [5.74, 6) is 0.163. The zero-order chi connectivity index (χ0) is 21.3. The van der Waals surface area contributed by atoms with Gasteiger partial charge in [-0.05, 0) is 38.8 Å².